The molecule has 2 aliphatic carbocycles. The summed E-state index contributed by atoms with van der Waals surface area (Å²) in [5.41, 5.74) is 2.42. The molecule has 6 nitrogen and oxygen atoms in total. The number of nitrogens with zero attached hydrogens (tertiary/aromatic N) is 3. The van der Waals surface area contributed by atoms with Crippen molar-refractivity contribution in [3.63, 3.8) is 0 Å². The molecular weight excluding hydrogens is 408 g/mol. The second-order valence-electron chi connectivity index (χ2n) is 8.78. The summed E-state index contributed by atoms with van der Waals surface area (Å²) in [5, 5.41) is 9.00. The molecule has 31 heavy (non-hydrogen) atoms. The van der Waals surface area contributed by atoms with E-state index >= 15 is 0 Å². The zero-order valence-electron chi connectivity index (χ0n) is 18.3. The molecule has 2 saturated carbocycles. The number of aromatic nitrogens is 2. The van der Waals surface area contributed by atoms with Crippen molar-refractivity contribution in [3.8, 4) is 0 Å². The van der Waals surface area contributed by atoms with Gasteiger partial charge in [-0.3, -0.25) is 9.59 Å². The number of amides is 2. The van der Waals surface area contributed by atoms with Gasteiger partial charge in [0.05, 0.1) is 0 Å². The zero-order valence-corrected chi connectivity index (χ0v) is 19.1. The molecule has 2 fully saturated rings. The van der Waals surface area contributed by atoms with Crippen LogP contribution in [0.2, 0.25) is 0 Å². The molecule has 2 aliphatic rings. The fraction of sp³-hybridized carbons (Fsp3) is 0.583. The molecule has 0 bridgehead atoms. The summed E-state index contributed by atoms with van der Waals surface area (Å²) in [6.07, 6.45) is 10.5. The van der Waals surface area contributed by atoms with E-state index in [0.29, 0.717) is 5.69 Å². The first-order valence-electron chi connectivity index (χ1n) is 11.7. The van der Waals surface area contributed by atoms with Crippen LogP contribution in [0.15, 0.2) is 29.6 Å². The van der Waals surface area contributed by atoms with Crippen LogP contribution in [0.5, 0.6) is 0 Å². The Hall–Kier alpha value is -2.28. The second-order valence-corrected chi connectivity index (χ2v) is 9.39. The first kappa shape index (κ1) is 21.9. The van der Waals surface area contributed by atoms with Gasteiger partial charge in [0.1, 0.15) is 6.04 Å². The Morgan fingerprint density at radius 1 is 1.06 bits per heavy atom. The minimum absolute atomic E-state index is 0.0437. The monoisotopic (exact) mass is 440 g/mol. The zero-order chi connectivity index (χ0) is 21.6. The van der Waals surface area contributed by atoms with Crippen LogP contribution < -0.4 is 5.32 Å². The lowest BCUT2D eigenvalue weighted by molar-refractivity contribution is -0.127. The molecule has 2 amide bonds. The molecule has 1 aromatic heterocycles. The molecule has 2 aromatic rings. The van der Waals surface area contributed by atoms with Crippen LogP contribution in [0.4, 0.5) is 0 Å². The van der Waals surface area contributed by atoms with Crippen LogP contribution in [0, 0.1) is 0 Å². The molecule has 0 radical (unpaired) electrons. The number of hydrogen-bond donors (Lipinski definition) is 1. The van der Waals surface area contributed by atoms with E-state index in [2.05, 4.69) is 34.0 Å². The van der Waals surface area contributed by atoms with Gasteiger partial charge in [-0.2, -0.15) is 0 Å². The molecule has 1 heterocycles. The fourth-order valence-corrected chi connectivity index (χ4v) is 5.40. The van der Waals surface area contributed by atoms with Gasteiger partial charge in [0.15, 0.2) is 5.69 Å². The van der Waals surface area contributed by atoms with Crippen molar-refractivity contribution in [1.82, 2.24) is 19.8 Å². The van der Waals surface area contributed by atoms with E-state index in [-0.39, 0.29) is 23.9 Å². The second kappa shape index (κ2) is 10.4. The third-order valence-corrected chi connectivity index (χ3v) is 7.22. The highest BCUT2D eigenvalue weighted by Gasteiger charge is 2.39. The summed E-state index contributed by atoms with van der Waals surface area (Å²) >= 11 is 1.17. The van der Waals surface area contributed by atoms with Crippen molar-refractivity contribution in [2.75, 3.05) is 0 Å². The van der Waals surface area contributed by atoms with Crippen LogP contribution in [-0.4, -0.2) is 38.4 Å². The topological polar surface area (TPSA) is 75.2 Å². The van der Waals surface area contributed by atoms with E-state index in [1.165, 1.54) is 23.5 Å². The molecule has 1 N–H and O–H groups in total. The maximum atomic E-state index is 13.7. The predicted octanol–water partition coefficient (Wildman–Crippen LogP) is 4.68. The van der Waals surface area contributed by atoms with Crippen molar-refractivity contribution >= 4 is 23.3 Å². The van der Waals surface area contributed by atoms with E-state index < -0.39 is 6.04 Å². The number of hydrogen-bond acceptors (Lipinski definition) is 5. The Morgan fingerprint density at radius 2 is 1.74 bits per heavy atom. The number of aryl methyl sites for hydroxylation is 1. The molecule has 166 valence electrons. The highest BCUT2D eigenvalue weighted by atomic mass is 32.1. The lowest BCUT2D eigenvalue weighted by Crippen LogP contribution is -2.50. The van der Waals surface area contributed by atoms with Crippen LogP contribution >= 0.6 is 11.5 Å². The number of nitrogens with one attached hydrogen (secondary N) is 1. The van der Waals surface area contributed by atoms with Crippen LogP contribution in [-0.2, 0) is 11.2 Å². The third-order valence-electron chi connectivity index (χ3n) is 6.71. The standard InChI is InChI=1S/C24H32N4O2S/c1-2-17-12-14-18(15-13-17)22(23(29)25-19-8-4-3-5-9-19)28(20-10-6-7-11-20)24(30)21-16-31-27-26-21/h12-16,19-20,22H,2-11H2,1H3,(H,25,29). The van der Waals surface area contributed by atoms with Crippen LogP contribution in [0.3, 0.4) is 0 Å². The number of carbonyl (C=O) groups is 2. The van der Waals surface area contributed by atoms with E-state index in [0.717, 1.165) is 63.4 Å². The third kappa shape index (κ3) is 5.14. The maximum absolute atomic E-state index is 13.7. The molecule has 7 heteroatoms. The van der Waals surface area contributed by atoms with Crippen molar-refractivity contribution in [2.24, 2.45) is 0 Å². The molecule has 0 saturated heterocycles. The van der Waals surface area contributed by atoms with Gasteiger partial charge in [-0.15, -0.1) is 5.10 Å². The lowest BCUT2D eigenvalue weighted by Gasteiger charge is -2.37. The maximum Gasteiger partial charge on any atom is 0.276 e. The molecule has 1 aromatic carbocycles. The summed E-state index contributed by atoms with van der Waals surface area (Å²) in [5.74, 6) is -0.261. The average Bonchev–Trinajstić information content (AvgIpc) is 3.52. The van der Waals surface area contributed by atoms with Gasteiger partial charge in [-0.1, -0.05) is 67.8 Å². The molecule has 0 spiro atoms. The first-order valence-corrected chi connectivity index (χ1v) is 12.5. The highest BCUT2D eigenvalue weighted by molar-refractivity contribution is 7.03. The van der Waals surface area contributed by atoms with Crippen molar-refractivity contribution < 1.29 is 9.59 Å². The van der Waals surface area contributed by atoms with Crippen molar-refractivity contribution in [2.45, 2.75) is 89.3 Å². The summed E-state index contributed by atoms with van der Waals surface area (Å²) in [6, 6.07) is 7.75. The predicted molar refractivity (Wildman–Crippen MR) is 122 cm³/mol. The van der Waals surface area contributed by atoms with Gasteiger partial charge in [0, 0.05) is 17.5 Å². The van der Waals surface area contributed by atoms with E-state index in [1.807, 2.05) is 17.0 Å². The molecule has 1 unspecified atom stereocenters. The summed E-state index contributed by atoms with van der Waals surface area (Å²) in [7, 11) is 0. The summed E-state index contributed by atoms with van der Waals surface area (Å²) in [6.45, 7) is 2.12. The lowest BCUT2D eigenvalue weighted by atomic mass is 9.94. The van der Waals surface area contributed by atoms with Crippen molar-refractivity contribution in [1.29, 1.82) is 0 Å². The fourth-order valence-electron chi connectivity index (χ4n) is 4.97. The average molecular weight is 441 g/mol. The number of benzene rings is 1. The summed E-state index contributed by atoms with van der Waals surface area (Å²) in [4.78, 5) is 29.1. The quantitative estimate of drug-likeness (QED) is 0.679. The van der Waals surface area contributed by atoms with Crippen molar-refractivity contribution in [3.05, 3.63) is 46.5 Å². The van der Waals surface area contributed by atoms with Crippen LogP contribution in [0.25, 0.3) is 0 Å². The minimum atomic E-state index is -0.648. The van der Waals surface area contributed by atoms with Gasteiger partial charge >= 0.3 is 0 Å². The van der Waals surface area contributed by atoms with Gasteiger partial charge in [0.2, 0.25) is 5.91 Å². The minimum Gasteiger partial charge on any atom is -0.351 e. The molecule has 1 atom stereocenters. The normalized spacial score (nSPS) is 18.6. The number of carbonyl (C=O) groups excluding carboxylic acids is 2. The first-order chi connectivity index (χ1) is 15.2. The van der Waals surface area contributed by atoms with Gasteiger partial charge in [-0.05, 0) is 54.8 Å². The van der Waals surface area contributed by atoms with Gasteiger partial charge in [0.25, 0.3) is 5.91 Å². The van der Waals surface area contributed by atoms with E-state index in [4.69, 9.17) is 0 Å². The van der Waals surface area contributed by atoms with Crippen LogP contribution in [0.1, 0.15) is 92.4 Å². The molecular formula is C24H32N4O2S. The van der Waals surface area contributed by atoms with Gasteiger partial charge < -0.3 is 10.2 Å². The summed E-state index contributed by atoms with van der Waals surface area (Å²) < 4.78 is 3.89. The van der Waals surface area contributed by atoms with E-state index in [9.17, 15) is 9.59 Å². The highest BCUT2D eigenvalue weighted by Crippen LogP contribution is 2.33. The number of rotatable bonds is 7. The van der Waals surface area contributed by atoms with Gasteiger partial charge in [-0.25, -0.2) is 0 Å². The molecule has 0 aliphatic heterocycles. The smallest absolute Gasteiger partial charge is 0.276 e. The van der Waals surface area contributed by atoms with E-state index in [1.54, 1.807) is 5.38 Å². The molecule has 4 rings (SSSR count). The Labute approximate surface area is 188 Å². The Balaban J connectivity index is 1.69. The SMILES string of the molecule is CCc1ccc(C(C(=O)NC2CCCCC2)N(C(=O)c2csnn2)C2CCCC2)cc1. The Kier molecular flexibility index (Phi) is 7.33. The largest absolute Gasteiger partial charge is 0.351 e. The Bertz CT molecular complexity index is 856. The Morgan fingerprint density at radius 3 is 2.35 bits per heavy atom.